The molecule has 0 radical (unpaired) electrons. The summed E-state index contributed by atoms with van der Waals surface area (Å²) in [6.45, 7) is 4.11. The van der Waals surface area contributed by atoms with Crippen LogP contribution in [0.1, 0.15) is 38.3 Å². The summed E-state index contributed by atoms with van der Waals surface area (Å²) in [7, 11) is 1.46. The number of imidazole rings is 1. The molecule has 0 aliphatic rings. The Kier molecular flexibility index (Phi) is 4.44. The van der Waals surface area contributed by atoms with Gasteiger partial charge in [-0.15, -0.1) is 0 Å². The van der Waals surface area contributed by atoms with Crippen LogP contribution in [0.2, 0.25) is 5.02 Å². The molecule has 7 heteroatoms. The van der Waals surface area contributed by atoms with Gasteiger partial charge in [-0.3, -0.25) is 4.57 Å². The Balaban J connectivity index is 2.76. The number of nitrogens with zero attached hydrogens (tertiary/aromatic N) is 4. The third kappa shape index (κ3) is 2.43. The number of halogens is 1. The third-order valence-electron chi connectivity index (χ3n) is 3.28. The van der Waals surface area contributed by atoms with Gasteiger partial charge in [0.25, 0.3) is 6.01 Å². The molecule has 0 unspecified atom stereocenters. The monoisotopic (exact) mass is 296 g/mol. The first-order chi connectivity index (χ1) is 9.63. The lowest BCUT2D eigenvalue weighted by Crippen LogP contribution is -2.08. The molecule has 20 heavy (non-hydrogen) atoms. The van der Waals surface area contributed by atoms with Crippen LogP contribution in [0.25, 0.3) is 11.2 Å². The second kappa shape index (κ2) is 6.09. The lowest BCUT2D eigenvalue weighted by atomic mass is 10.1. The number of aromatic hydroxyl groups is 1. The van der Waals surface area contributed by atoms with Crippen molar-refractivity contribution in [2.24, 2.45) is 5.16 Å². The molecule has 108 valence electrons. The zero-order chi connectivity index (χ0) is 14.7. The fourth-order valence-electron chi connectivity index (χ4n) is 2.28. The molecule has 0 saturated carbocycles. The van der Waals surface area contributed by atoms with E-state index in [0.717, 1.165) is 12.8 Å². The molecule has 0 spiro atoms. The standard InChI is InChI=1S/C13H17ClN4O2/c1-4-8(5-2)18-11-9(6-16-20-3)10(14)7-15-12(11)17-13(18)19/h6-8H,4-5H2,1-3H3,(H,15,17,19)/b16-6-. The van der Waals surface area contributed by atoms with Gasteiger partial charge in [0.1, 0.15) is 12.6 Å². The molecule has 0 amide bonds. The second-order valence-corrected chi connectivity index (χ2v) is 4.77. The maximum atomic E-state index is 10.1. The molecular weight excluding hydrogens is 280 g/mol. The van der Waals surface area contributed by atoms with E-state index in [1.165, 1.54) is 19.5 Å². The highest BCUT2D eigenvalue weighted by molar-refractivity contribution is 6.34. The molecule has 0 bridgehead atoms. The van der Waals surface area contributed by atoms with E-state index < -0.39 is 0 Å². The van der Waals surface area contributed by atoms with Crippen molar-refractivity contribution in [3.05, 3.63) is 16.8 Å². The fourth-order valence-corrected chi connectivity index (χ4v) is 2.46. The Morgan fingerprint density at radius 2 is 2.20 bits per heavy atom. The van der Waals surface area contributed by atoms with Crippen LogP contribution in [0.15, 0.2) is 11.4 Å². The molecule has 0 aromatic carbocycles. The molecule has 6 nitrogen and oxygen atoms in total. The predicted octanol–water partition coefficient (Wildman–Crippen LogP) is 3.13. The molecule has 0 atom stereocenters. The van der Waals surface area contributed by atoms with E-state index in [1.807, 2.05) is 0 Å². The summed E-state index contributed by atoms with van der Waals surface area (Å²) < 4.78 is 1.76. The first-order valence-corrected chi connectivity index (χ1v) is 6.83. The Bertz CT molecular complexity index is 635. The summed E-state index contributed by atoms with van der Waals surface area (Å²) in [6.07, 6.45) is 4.72. The van der Waals surface area contributed by atoms with Gasteiger partial charge in [-0.1, -0.05) is 30.6 Å². The topological polar surface area (TPSA) is 72.5 Å². The van der Waals surface area contributed by atoms with E-state index in [1.54, 1.807) is 4.57 Å². The van der Waals surface area contributed by atoms with Crippen molar-refractivity contribution < 1.29 is 9.94 Å². The zero-order valence-electron chi connectivity index (χ0n) is 11.7. The number of hydrogen-bond donors (Lipinski definition) is 1. The molecule has 0 saturated heterocycles. The minimum Gasteiger partial charge on any atom is -0.480 e. The van der Waals surface area contributed by atoms with Crippen molar-refractivity contribution >= 4 is 29.0 Å². The van der Waals surface area contributed by atoms with Crippen molar-refractivity contribution in [3.8, 4) is 6.01 Å². The smallest absolute Gasteiger partial charge is 0.296 e. The van der Waals surface area contributed by atoms with Gasteiger partial charge in [0.15, 0.2) is 5.65 Å². The molecular formula is C13H17ClN4O2. The van der Waals surface area contributed by atoms with E-state index in [2.05, 4.69) is 29.0 Å². The fraction of sp³-hybridized carbons (Fsp3) is 0.462. The summed E-state index contributed by atoms with van der Waals surface area (Å²) in [4.78, 5) is 12.9. The number of fused-ring (bicyclic) bond motifs is 1. The molecule has 1 N–H and O–H groups in total. The van der Waals surface area contributed by atoms with Gasteiger partial charge in [-0.25, -0.2) is 4.98 Å². The van der Waals surface area contributed by atoms with Crippen molar-refractivity contribution in [1.82, 2.24) is 14.5 Å². The molecule has 0 aliphatic carbocycles. The highest BCUT2D eigenvalue weighted by Crippen LogP contribution is 2.32. The van der Waals surface area contributed by atoms with Crippen molar-refractivity contribution in [3.63, 3.8) is 0 Å². The molecule has 2 aromatic rings. The van der Waals surface area contributed by atoms with Crippen LogP contribution in [0.5, 0.6) is 6.01 Å². The van der Waals surface area contributed by atoms with Crippen LogP contribution < -0.4 is 0 Å². The summed E-state index contributed by atoms with van der Waals surface area (Å²) in [6, 6.07) is 0.0606. The summed E-state index contributed by atoms with van der Waals surface area (Å²) >= 11 is 6.18. The van der Waals surface area contributed by atoms with Gasteiger partial charge in [-0.05, 0) is 12.8 Å². The lowest BCUT2D eigenvalue weighted by Gasteiger charge is -2.17. The predicted molar refractivity (Wildman–Crippen MR) is 78.4 cm³/mol. The summed E-state index contributed by atoms with van der Waals surface area (Å²) in [5.41, 5.74) is 1.75. The van der Waals surface area contributed by atoms with Gasteiger partial charge in [0.05, 0.1) is 11.2 Å². The second-order valence-electron chi connectivity index (χ2n) is 4.36. The summed E-state index contributed by atoms with van der Waals surface area (Å²) in [5.74, 6) is 0. The lowest BCUT2D eigenvalue weighted by molar-refractivity contribution is 0.215. The average Bonchev–Trinajstić information content (AvgIpc) is 2.77. The zero-order valence-corrected chi connectivity index (χ0v) is 12.4. The van der Waals surface area contributed by atoms with E-state index >= 15 is 0 Å². The minimum absolute atomic E-state index is 0.0597. The van der Waals surface area contributed by atoms with E-state index in [-0.39, 0.29) is 12.1 Å². The van der Waals surface area contributed by atoms with Crippen LogP contribution in [0.4, 0.5) is 0 Å². The minimum atomic E-state index is -0.0597. The molecule has 2 heterocycles. The largest absolute Gasteiger partial charge is 0.480 e. The van der Waals surface area contributed by atoms with Crippen LogP contribution in [-0.4, -0.2) is 33.0 Å². The van der Waals surface area contributed by atoms with Crippen LogP contribution >= 0.6 is 11.6 Å². The van der Waals surface area contributed by atoms with Crippen molar-refractivity contribution in [1.29, 1.82) is 0 Å². The van der Waals surface area contributed by atoms with Crippen molar-refractivity contribution in [2.45, 2.75) is 32.7 Å². The van der Waals surface area contributed by atoms with E-state index in [9.17, 15) is 5.11 Å². The van der Waals surface area contributed by atoms with Gasteiger partial charge in [0, 0.05) is 17.8 Å². The first-order valence-electron chi connectivity index (χ1n) is 6.45. The van der Waals surface area contributed by atoms with E-state index in [0.29, 0.717) is 21.7 Å². The first kappa shape index (κ1) is 14.6. The maximum absolute atomic E-state index is 10.1. The number of hydrogen-bond acceptors (Lipinski definition) is 5. The Morgan fingerprint density at radius 3 is 2.80 bits per heavy atom. The third-order valence-corrected chi connectivity index (χ3v) is 3.58. The molecule has 2 aromatic heterocycles. The molecule has 0 aliphatic heterocycles. The average molecular weight is 297 g/mol. The highest BCUT2D eigenvalue weighted by atomic mass is 35.5. The highest BCUT2D eigenvalue weighted by Gasteiger charge is 2.21. The van der Waals surface area contributed by atoms with Gasteiger partial charge >= 0.3 is 0 Å². The van der Waals surface area contributed by atoms with E-state index in [4.69, 9.17) is 16.4 Å². The van der Waals surface area contributed by atoms with Gasteiger partial charge in [-0.2, -0.15) is 4.98 Å². The number of aromatic nitrogens is 3. The number of oxime groups is 1. The molecule has 0 fully saturated rings. The van der Waals surface area contributed by atoms with Crippen LogP contribution in [-0.2, 0) is 4.84 Å². The number of pyridine rings is 1. The summed E-state index contributed by atoms with van der Waals surface area (Å²) in [5, 5.41) is 14.3. The maximum Gasteiger partial charge on any atom is 0.296 e. The quantitative estimate of drug-likeness (QED) is 0.679. The van der Waals surface area contributed by atoms with Crippen LogP contribution in [0.3, 0.4) is 0 Å². The van der Waals surface area contributed by atoms with Gasteiger partial charge < -0.3 is 9.94 Å². The molecule has 2 rings (SSSR count). The normalized spacial score (nSPS) is 11.8. The number of rotatable bonds is 5. The van der Waals surface area contributed by atoms with Gasteiger partial charge in [0.2, 0.25) is 0 Å². The Morgan fingerprint density at radius 1 is 1.50 bits per heavy atom. The SMILES string of the molecule is CCC(CC)n1c(O)nc2ncc(Cl)c(/C=N\OC)c21. The van der Waals surface area contributed by atoms with Crippen LogP contribution in [0, 0.1) is 0 Å². The Labute approximate surface area is 122 Å². The van der Waals surface area contributed by atoms with Crippen molar-refractivity contribution in [2.75, 3.05) is 7.11 Å². The Hall–Kier alpha value is -1.82.